The fourth-order valence-corrected chi connectivity index (χ4v) is 8.71. The molecule has 0 N–H and O–H groups in total. The first-order valence-electron chi connectivity index (χ1n) is 5.62. The molecule has 0 saturated heterocycles. The average Bonchev–Trinajstić information content (AvgIpc) is 2.34. The minimum absolute atomic E-state index is 0.562. The summed E-state index contributed by atoms with van der Waals surface area (Å²) in [5, 5.41) is 2.08. The Bertz CT molecular complexity index is 450. The van der Waals surface area contributed by atoms with Gasteiger partial charge in [-0.05, 0) is 43.9 Å². The van der Waals surface area contributed by atoms with E-state index in [0.29, 0.717) is 23.3 Å². The van der Waals surface area contributed by atoms with Crippen molar-refractivity contribution in [3.8, 4) is 0 Å². The first-order valence-corrected chi connectivity index (χ1v) is 11.6. The summed E-state index contributed by atoms with van der Waals surface area (Å²) in [6, 6.07) is 5.41. The van der Waals surface area contributed by atoms with Crippen molar-refractivity contribution in [3.63, 3.8) is 0 Å². The third-order valence-corrected chi connectivity index (χ3v) is 9.69. The lowest BCUT2D eigenvalue weighted by Crippen LogP contribution is -1.92. The second kappa shape index (κ2) is 9.16. The van der Waals surface area contributed by atoms with Crippen molar-refractivity contribution in [1.29, 1.82) is 0 Å². The molecule has 1 aromatic rings. The highest BCUT2D eigenvalue weighted by Gasteiger charge is 2.18. The van der Waals surface area contributed by atoms with Gasteiger partial charge in [0.2, 0.25) is 5.69 Å². The Hall–Kier alpha value is 1.07. The lowest BCUT2D eigenvalue weighted by Gasteiger charge is -2.19. The maximum absolute atomic E-state index is 6.10. The molecule has 0 aliphatic heterocycles. The second-order valence-corrected chi connectivity index (χ2v) is 11.8. The number of hydrogen-bond acceptors (Lipinski definition) is 5. The standard InChI is InChI=1S/C11H15Cl2O2PS3/c1-3-14-16(17,15-4-2)19-8-18-11-7-9(12)5-6-10(11)13/h5-7H,3-4,8H2,1-2H3. The van der Waals surface area contributed by atoms with Crippen LogP contribution in [0.5, 0.6) is 0 Å². The van der Waals surface area contributed by atoms with Crippen LogP contribution in [0.25, 0.3) is 0 Å². The van der Waals surface area contributed by atoms with Crippen LogP contribution in [0.3, 0.4) is 0 Å². The molecule has 0 saturated carbocycles. The molecule has 0 heterocycles. The van der Waals surface area contributed by atoms with E-state index < -0.39 is 5.69 Å². The van der Waals surface area contributed by atoms with Crippen LogP contribution in [-0.4, -0.2) is 18.3 Å². The van der Waals surface area contributed by atoms with Crippen molar-refractivity contribution in [2.75, 3.05) is 18.3 Å². The predicted molar refractivity (Wildman–Crippen MR) is 92.3 cm³/mol. The molecule has 0 spiro atoms. The Morgan fingerprint density at radius 2 is 1.84 bits per heavy atom. The Morgan fingerprint density at radius 1 is 1.21 bits per heavy atom. The molecule has 19 heavy (non-hydrogen) atoms. The van der Waals surface area contributed by atoms with Crippen molar-refractivity contribution < 1.29 is 9.05 Å². The molecule has 0 radical (unpaired) electrons. The molecule has 8 heteroatoms. The zero-order valence-electron chi connectivity index (χ0n) is 10.6. The Balaban J connectivity index is 2.56. The molecule has 0 amide bonds. The quantitative estimate of drug-likeness (QED) is 0.310. The smallest absolute Gasteiger partial charge is 0.248 e. The van der Waals surface area contributed by atoms with Crippen LogP contribution in [0.15, 0.2) is 23.1 Å². The normalized spacial score (nSPS) is 11.8. The van der Waals surface area contributed by atoms with E-state index in [-0.39, 0.29) is 0 Å². The van der Waals surface area contributed by atoms with Gasteiger partial charge >= 0.3 is 0 Å². The van der Waals surface area contributed by atoms with Gasteiger partial charge in [0.1, 0.15) is 0 Å². The minimum Gasteiger partial charge on any atom is -0.322 e. The molecule has 1 aromatic carbocycles. The first-order chi connectivity index (χ1) is 9.00. The molecule has 108 valence electrons. The zero-order chi connectivity index (χ0) is 14.3. The van der Waals surface area contributed by atoms with Gasteiger partial charge in [-0.15, -0.1) is 11.8 Å². The molecular weight excluding hydrogens is 362 g/mol. The van der Waals surface area contributed by atoms with Crippen LogP contribution in [-0.2, 0) is 20.9 Å². The van der Waals surface area contributed by atoms with Crippen LogP contribution in [0.2, 0.25) is 10.0 Å². The highest BCUT2D eigenvalue weighted by Crippen LogP contribution is 2.62. The largest absolute Gasteiger partial charge is 0.322 e. The Kier molecular flexibility index (Phi) is 8.74. The number of rotatable bonds is 8. The summed E-state index contributed by atoms with van der Waals surface area (Å²) in [6.45, 7) is 4.96. The van der Waals surface area contributed by atoms with Crippen LogP contribution < -0.4 is 0 Å². The Labute approximate surface area is 137 Å². The molecule has 0 fully saturated rings. The maximum Gasteiger partial charge on any atom is 0.248 e. The van der Waals surface area contributed by atoms with Gasteiger partial charge in [0.05, 0.1) is 23.3 Å². The van der Waals surface area contributed by atoms with E-state index >= 15 is 0 Å². The Morgan fingerprint density at radius 3 is 2.42 bits per heavy atom. The van der Waals surface area contributed by atoms with Crippen LogP contribution >= 0.6 is 52.0 Å². The van der Waals surface area contributed by atoms with E-state index in [2.05, 4.69) is 0 Å². The molecule has 0 aliphatic carbocycles. The molecule has 2 nitrogen and oxygen atoms in total. The molecule has 0 aromatic heterocycles. The van der Waals surface area contributed by atoms with E-state index in [1.165, 1.54) is 11.4 Å². The third kappa shape index (κ3) is 6.58. The fraction of sp³-hybridized carbons (Fsp3) is 0.455. The minimum atomic E-state index is -2.23. The van der Waals surface area contributed by atoms with Gasteiger partial charge in [0.15, 0.2) is 0 Å². The van der Waals surface area contributed by atoms with Gasteiger partial charge in [-0.25, -0.2) is 0 Å². The topological polar surface area (TPSA) is 18.5 Å². The van der Waals surface area contributed by atoms with Gasteiger partial charge in [-0.3, -0.25) is 0 Å². The van der Waals surface area contributed by atoms with Crippen molar-refractivity contribution in [2.45, 2.75) is 18.7 Å². The SMILES string of the molecule is CCOP(=S)(OCC)SCSc1cc(Cl)ccc1Cl. The van der Waals surface area contributed by atoms with Gasteiger partial charge in [0.25, 0.3) is 0 Å². The molecule has 0 aliphatic rings. The zero-order valence-corrected chi connectivity index (χ0v) is 15.5. The monoisotopic (exact) mass is 376 g/mol. The summed E-state index contributed by atoms with van der Waals surface area (Å²) in [7, 11) is 0. The highest BCUT2D eigenvalue weighted by molar-refractivity contribution is 8.69. The van der Waals surface area contributed by atoms with Crippen LogP contribution in [0, 0.1) is 0 Å². The number of benzene rings is 1. The lowest BCUT2D eigenvalue weighted by atomic mass is 10.4. The predicted octanol–water partition coefficient (Wildman–Crippen LogP) is 6.07. The van der Waals surface area contributed by atoms with Crippen LogP contribution in [0.4, 0.5) is 0 Å². The molecular formula is C11H15Cl2O2PS3. The first kappa shape index (κ1) is 18.1. The van der Waals surface area contributed by atoms with E-state index in [0.717, 1.165) is 9.98 Å². The average molecular weight is 377 g/mol. The number of hydrogen-bond donors (Lipinski definition) is 0. The van der Waals surface area contributed by atoms with E-state index in [9.17, 15) is 0 Å². The van der Waals surface area contributed by atoms with E-state index in [1.54, 1.807) is 23.9 Å². The fourth-order valence-electron chi connectivity index (χ4n) is 1.17. The maximum atomic E-state index is 6.10. The summed E-state index contributed by atoms with van der Waals surface area (Å²) in [6.07, 6.45) is 0. The van der Waals surface area contributed by atoms with E-state index in [1.807, 2.05) is 19.9 Å². The summed E-state index contributed by atoms with van der Waals surface area (Å²) in [5.41, 5.74) is -2.23. The highest BCUT2D eigenvalue weighted by atomic mass is 35.5. The van der Waals surface area contributed by atoms with Gasteiger partial charge in [0, 0.05) is 9.92 Å². The van der Waals surface area contributed by atoms with E-state index in [4.69, 9.17) is 44.1 Å². The van der Waals surface area contributed by atoms with Gasteiger partial charge < -0.3 is 9.05 Å². The molecule has 0 bridgehead atoms. The molecule has 0 atom stereocenters. The number of halogens is 2. The summed E-state index contributed by atoms with van der Waals surface area (Å²) >= 11 is 20.6. The molecule has 1 rings (SSSR count). The molecule has 0 unspecified atom stereocenters. The van der Waals surface area contributed by atoms with Crippen molar-refractivity contribution in [2.24, 2.45) is 0 Å². The van der Waals surface area contributed by atoms with Crippen molar-refractivity contribution in [1.82, 2.24) is 0 Å². The van der Waals surface area contributed by atoms with Crippen LogP contribution in [0.1, 0.15) is 13.8 Å². The summed E-state index contributed by atoms with van der Waals surface area (Å²) in [4.78, 5) is 0.941. The van der Waals surface area contributed by atoms with Gasteiger partial charge in [-0.2, -0.15) is 0 Å². The summed E-state index contributed by atoms with van der Waals surface area (Å²) < 4.78 is 11.1. The lowest BCUT2D eigenvalue weighted by molar-refractivity contribution is 0.280. The van der Waals surface area contributed by atoms with Crippen molar-refractivity contribution in [3.05, 3.63) is 28.2 Å². The third-order valence-electron chi connectivity index (χ3n) is 1.89. The summed E-state index contributed by atoms with van der Waals surface area (Å²) in [5.74, 6) is 0. The number of thioether (sulfide) groups is 1. The van der Waals surface area contributed by atoms with Gasteiger partial charge in [-0.1, -0.05) is 34.6 Å². The van der Waals surface area contributed by atoms with Crippen molar-refractivity contribution >= 4 is 63.8 Å². The second-order valence-electron chi connectivity index (χ2n) is 3.25.